The lowest BCUT2D eigenvalue weighted by atomic mass is 9.96. The topological polar surface area (TPSA) is 48.1 Å². The Balaban J connectivity index is 1.64. The standard InChI is InChI=1S/C18H20ClN3O2S/c1-12-10-25-18(21-14-5-3-2-4-6-14)22(12)20-9-13-7-16-17(8-15(13)19)24-11-23-16/h7-10,14H,2-6,11H2,1H3. The Morgan fingerprint density at radius 3 is 2.76 bits per heavy atom. The first-order chi connectivity index (χ1) is 12.2. The van der Waals surface area contributed by atoms with Crippen molar-refractivity contribution in [3.8, 4) is 11.5 Å². The molecular formula is C18H20ClN3O2S. The van der Waals surface area contributed by atoms with Crippen LogP contribution >= 0.6 is 22.9 Å². The minimum atomic E-state index is 0.231. The smallest absolute Gasteiger partial charge is 0.231 e. The summed E-state index contributed by atoms with van der Waals surface area (Å²) >= 11 is 7.96. The van der Waals surface area contributed by atoms with E-state index in [2.05, 4.69) is 10.5 Å². The Labute approximate surface area is 155 Å². The van der Waals surface area contributed by atoms with Gasteiger partial charge in [-0.2, -0.15) is 5.10 Å². The number of fused-ring (bicyclic) bond motifs is 1. The van der Waals surface area contributed by atoms with Crippen LogP contribution in [-0.2, 0) is 0 Å². The summed E-state index contributed by atoms with van der Waals surface area (Å²) in [5, 5.41) is 7.29. The molecule has 1 aromatic carbocycles. The molecule has 4 rings (SSSR count). The normalized spacial score (nSPS) is 18.4. The third-order valence-corrected chi connectivity index (χ3v) is 5.80. The third kappa shape index (κ3) is 3.60. The predicted molar refractivity (Wildman–Crippen MR) is 100 cm³/mol. The predicted octanol–water partition coefficient (Wildman–Crippen LogP) is 4.36. The molecule has 7 heteroatoms. The number of ether oxygens (including phenoxy) is 2. The highest BCUT2D eigenvalue weighted by atomic mass is 35.5. The summed E-state index contributed by atoms with van der Waals surface area (Å²) in [5.41, 5.74) is 1.86. The second-order valence-corrected chi connectivity index (χ2v) is 7.61. The fourth-order valence-corrected chi connectivity index (χ4v) is 4.21. The van der Waals surface area contributed by atoms with Crippen molar-refractivity contribution in [3.63, 3.8) is 0 Å². The van der Waals surface area contributed by atoms with Crippen molar-refractivity contribution in [2.75, 3.05) is 6.79 Å². The summed E-state index contributed by atoms with van der Waals surface area (Å²) in [6.45, 7) is 2.27. The lowest BCUT2D eigenvalue weighted by Crippen LogP contribution is -2.19. The van der Waals surface area contributed by atoms with E-state index >= 15 is 0 Å². The summed E-state index contributed by atoms with van der Waals surface area (Å²) < 4.78 is 12.6. The van der Waals surface area contributed by atoms with E-state index in [0.29, 0.717) is 22.6 Å². The molecule has 1 aliphatic carbocycles. The van der Waals surface area contributed by atoms with Crippen molar-refractivity contribution in [1.29, 1.82) is 0 Å². The first kappa shape index (κ1) is 16.7. The van der Waals surface area contributed by atoms with E-state index in [-0.39, 0.29) is 6.79 Å². The van der Waals surface area contributed by atoms with Crippen molar-refractivity contribution >= 4 is 29.2 Å². The number of halogens is 1. The Morgan fingerprint density at radius 1 is 1.20 bits per heavy atom. The van der Waals surface area contributed by atoms with Gasteiger partial charge in [0.25, 0.3) is 0 Å². The molecule has 0 bridgehead atoms. The van der Waals surface area contributed by atoms with Gasteiger partial charge in [0.15, 0.2) is 11.5 Å². The van der Waals surface area contributed by atoms with Crippen LogP contribution in [0.3, 0.4) is 0 Å². The second-order valence-electron chi connectivity index (χ2n) is 6.36. The SMILES string of the molecule is Cc1csc(=NC2CCCCC2)n1N=Cc1cc2c(cc1Cl)OCO2. The van der Waals surface area contributed by atoms with Gasteiger partial charge in [-0.1, -0.05) is 30.9 Å². The molecule has 1 aromatic heterocycles. The van der Waals surface area contributed by atoms with Crippen LogP contribution in [0.5, 0.6) is 11.5 Å². The zero-order valence-corrected chi connectivity index (χ0v) is 15.6. The second kappa shape index (κ2) is 7.22. The maximum atomic E-state index is 6.33. The molecule has 0 saturated heterocycles. The summed E-state index contributed by atoms with van der Waals surface area (Å²) in [4.78, 5) is 5.86. The van der Waals surface area contributed by atoms with Gasteiger partial charge in [0, 0.05) is 17.0 Å². The summed E-state index contributed by atoms with van der Waals surface area (Å²) in [6, 6.07) is 4.04. The summed E-state index contributed by atoms with van der Waals surface area (Å²) in [7, 11) is 0. The lowest BCUT2D eigenvalue weighted by molar-refractivity contribution is 0.174. The fourth-order valence-electron chi connectivity index (χ4n) is 3.13. The number of thiazole rings is 1. The molecule has 0 radical (unpaired) electrons. The minimum absolute atomic E-state index is 0.231. The number of aromatic nitrogens is 1. The summed E-state index contributed by atoms with van der Waals surface area (Å²) in [6.07, 6.45) is 7.98. The zero-order chi connectivity index (χ0) is 17.2. The number of aryl methyl sites for hydroxylation is 1. The van der Waals surface area contributed by atoms with Gasteiger partial charge in [0.2, 0.25) is 11.6 Å². The number of rotatable bonds is 3. The van der Waals surface area contributed by atoms with Gasteiger partial charge >= 0.3 is 0 Å². The van der Waals surface area contributed by atoms with E-state index in [1.165, 1.54) is 32.1 Å². The van der Waals surface area contributed by atoms with Crippen molar-refractivity contribution in [3.05, 3.63) is 38.6 Å². The highest BCUT2D eigenvalue weighted by Crippen LogP contribution is 2.36. The van der Waals surface area contributed by atoms with Crippen LogP contribution in [-0.4, -0.2) is 23.7 Å². The Kier molecular flexibility index (Phi) is 4.81. The van der Waals surface area contributed by atoms with Crippen LogP contribution in [0.25, 0.3) is 0 Å². The van der Waals surface area contributed by atoms with Gasteiger partial charge in [-0.25, -0.2) is 4.68 Å². The minimum Gasteiger partial charge on any atom is -0.454 e. The fraction of sp³-hybridized carbons (Fsp3) is 0.444. The van der Waals surface area contributed by atoms with E-state index < -0.39 is 0 Å². The van der Waals surface area contributed by atoms with Gasteiger partial charge in [-0.05, 0) is 25.8 Å². The first-order valence-electron chi connectivity index (χ1n) is 8.55. The van der Waals surface area contributed by atoms with Crippen LogP contribution in [0, 0.1) is 6.92 Å². The molecule has 0 amide bonds. The van der Waals surface area contributed by atoms with E-state index in [9.17, 15) is 0 Å². The Bertz CT molecular complexity index is 866. The Morgan fingerprint density at radius 2 is 1.96 bits per heavy atom. The molecule has 1 saturated carbocycles. The maximum Gasteiger partial charge on any atom is 0.231 e. The zero-order valence-electron chi connectivity index (χ0n) is 14.1. The molecule has 0 atom stereocenters. The molecule has 2 aromatic rings. The van der Waals surface area contributed by atoms with Crippen LogP contribution in [0.15, 0.2) is 27.6 Å². The molecule has 1 fully saturated rings. The highest BCUT2D eigenvalue weighted by molar-refractivity contribution is 7.07. The van der Waals surface area contributed by atoms with Gasteiger partial charge in [0.05, 0.1) is 23.0 Å². The van der Waals surface area contributed by atoms with Crippen molar-refractivity contribution in [2.45, 2.75) is 45.1 Å². The van der Waals surface area contributed by atoms with Gasteiger partial charge in [-0.15, -0.1) is 11.3 Å². The van der Waals surface area contributed by atoms with Crippen LogP contribution < -0.4 is 14.3 Å². The van der Waals surface area contributed by atoms with Crippen LogP contribution in [0.1, 0.15) is 43.4 Å². The largest absolute Gasteiger partial charge is 0.454 e. The number of nitrogens with zero attached hydrogens (tertiary/aromatic N) is 3. The third-order valence-electron chi connectivity index (χ3n) is 4.52. The average Bonchev–Trinajstić information content (AvgIpc) is 3.20. The number of hydrogen-bond acceptors (Lipinski definition) is 5. The molecule has 2 heterocycles. The summed E-state index contributed by atoms with van der Waals surface area (Å²) in [5.74, 6) is 1.37. The van der Waals surface area contributed by atoms with Gasteiger partial charge < -0.3 is 9.47 Å². The van der Waals surface area contributed by atoms with Crippen LogP contribution in [0.2, 0.25) is 5.02 Å². The van der Waals surface area contributed by atoms with Crippen molar-refractivity contribution in [2.24, 2.45) is 10.1 Å². The molecule has 132 valence electrons. The molecule has 0 spiro atoms. The Hall–Kier alpha value is -1.79. The molecule has 2 aliphatic rings. The lowest BCUT2D eigenvalue weighted by Gasteiger charge is -2.16. The van der Waals surface area contributed by atoms with Gasteiger partial charge in [0.1, 0.15) is 0 Å². The van der Waals surface area contributed by atoms with E-state index in [1.54, 1.807) is 23.6 Å². The monoisotopic (exact) mass is 377 g/mol. The number of hydrogen-bond donors (Lipinski definition) is 0. The molecular weight excluding hydrogens is 358 g/mol. The van der Waals surface area contributed by atoms with Crippen molar-refractivity contribution in [1.82, 2.24) is 4.68 Å². The average molecular weight is 378 g/mol. The van der Waals surface area contributed by atoms with Gasteiger partial charge in [-0.3, -0.25) is 4.99 Å². The quantitative estimate of drug-likeness (QED) is 0.746. The molecule has 25 heavy (non-hydrogen) atoms. The van der Waals surface area contributed by atoms with E-state index in [0.717, 1.165) is 16.1 Å². The molecule has 0 unspecified atom stereocenters. The maximum absolute atomic E-state index is 6.33. The molecule has 0 N–H and O–H groups in total. The van der Waals surface area contributed by atoms with E-state index in [4.69, 9.17) is 26.1 Å². The molecule has 1 aliphatic heterocycles. The number of benzene rings is 1. The molecule has 5 nitrogen and oxygen atoms in total. The highest BCUT2D eigenvalue weighted by Gasteiger charge is 2.16. The van der Waals surface area contributed by atoms with E-state index in [1.807, 2.05) is 17.7 Å². The van der Waals surface area contributed by atoms with Crippen LogP contribution in [0.4, 0.5) is 0 Å². The van der Waals surface area contributed by atoms with Crippen molar-refractivity contribution < 1.29 is 9.47 Å². The first-order valence-corrected chi connectivity index (χ1v) is 9.81.